The van der Waals surface area contributed by atoms with Gasteiger partial charge in [-0.3, -0.25) is 14.5 Å². The number of hydrogen-bond acceptors (Lipinski definition) is 4. The van der Waals surface area contributed by atoms with Gasteiger partial charge >= 0.3 is 5.97 Å². The maximum atomic E-state index is 12.3. The molecule has 0 saturated carbocycles. The molecule has 2 aliphatic rings. The molecule has 2 fully saturated rings. The van der Waals surface area contributed by atoms with Crippen molar-refractivity contribution in [1.82, 2.24) is 9.80 Å². The number of nitrogens with two attached hydrogens (primary N) is 1. The molecule has 2 unspecified atom stereocenters. The molecule has 120 valence electrons. The summed E-state index contributed by atoms with van der Waals surface area (Å²) in [6, 6.07) is -0.0593. The molecule has 2 aliphatic heterocycles. The first-order valence-electron chi connectivity index (χ1n) is 7.93. The van der Waals surface area contributed by atoms with Gasteiger partial charge in [0.1, 0.15) is 6.04 Å². The van der Waals surface area contributed by atoms with Crippen LogP contribution in [0.5, 0.6) is 0 Å². The van der Waals surface area contributed by atoms with Gasteiger partial charge in [-0.25, -0.2) is 0 Å². The molecular formula is C15H27N3O3. The molecule has 6 nitrogen and oxygen atoms in total. The largest absolute Gasteiger partial charge is 0.480 e. The quantitative estimate of drug-likeness (QED) is 0.796. The number of carbonyl (C=O) groups excluding carboxylic acids is 1. The summed E-state index contributed by atoms with van der Waals surface area (Å²) in [5.41, 5.74) is 5.24. The van der Waals surface area contributed by atoms with E-state index in [4.69, 9.17) is 5.73 Å². The van der Waals surface area contributed by atoms with Crippen LogP contribution in [-0.4, -0.2) is 64.0 Å². The smallest absolute Gasteiger partial charge is 0.320 e. The minimum absolute atomic E-state index is 0.0136. The molecule has 1 amide bonds. The molecule has 2 saturated heterocycles. The average Bonchev–Trinajstić information content (AvgIpc) is 2.96. The maximum absolute atomic E-state index is 12.3. The van der Waals surface area contributed by atoms with Gasteiger partial charge in [0.25, 0.3) is 0 Å². The van der Waals surface area contributed by atoms with Crippen LogP contribution in [0, 0.1) is 0 Å². The second kappa shape index (κ2) is 6.32. The second-order valence-corrected chi connectivity index (χ2v) is 6.53. The highest BCUT2D eigenvalue weighted by Gasteiger charge is 2.39. The molecule has 0 radical (unpaired) electrons. The number of hydrogen-bond donors (Lipinski definition) is 2. The summed E-state index contributed by atoms with van der Waals surface area (Å²) < 4.78 is 0. The summed E-state index contributed by atoms with van der Waals surface area (Å²) in [7, 11) is 0. The van der Waals surface area contributed by atoms with Gasteiger partial charge in [0.15, 0.2) is 0 Å². The first-order chi connectivity index (χ1) is 9.86. The summed E-state index contributed by atoms with van der Waals surface area (Å²) in [6.45, 7) is 5.92. The Hall–Kier alpha value is -1.14. The highest BCUT2D eigenvalue weighted by Crippen LogP contribution is 2.27. The van der Waals surface area contributed by atoms with Crippen LogP contribution >= 0.6 is 0 Å². The van der Waals surface area contributed by atoms with Crippen molar-refractivity contribution in [2.75, 3.05) is 19.6 Å². The number of carboxylic acids is 1. The lowest BCUT2D eigenvalue weighted by Gasteiger charge is -2.40. The summed E-state index contributed by atoms with van der Waals surface area (Å²) in [5.74, 6) is -0.703. The Labute approximate surface area is 126 Å². The third-order valence-electron chi connectivity index (χ3n) is 5.02. The molecule has 0 spiro atoms. The van der Waals surface area contributed by atoms with Gasteiger partial charge < -0.3 is 15.7 Å². The van der Waals surface area contributed by atoms with Gasteiger partial charge in [-0.2, -0.15) is 0 Å². The Kier molecular flexibility index (Phi) is 4.88. The lowest BCUT2D eigenvalue weighted by Crippen LogP contribution is -2.57. The Morgan fingerprint density at radius 1 is 1.24 bits per heavy atom. The van der Waals surface area contributed by atoms with Crippen molar-refractivity contribution in [3.8, 4) is 0 Å². The van der Waals surface area contributed by atoms with Crippen LogP contribution in [0.3, 0.4) is 0 Å². The highest BCUT2D eigenvalue weighted by atomic mass is 16.4. The van der Waals surface area contributed by atoms with Crippen LogP contribution in [-0.2, 0) is 9.59 Å². The fourth-order valence-corrected chi connectivity index (χ4v) is 3.40. The van der Waals surface area contributed by atoms with E-state index in [-0.39, 0.29) is 18.0 Å². The molecule has 0 aliphatic carbocycles. The van der Waals surface area contributed by atoms with Crippen LogP contribution < -0.4 is 5.73 Å². The third kappa shape index (κ3) is 3.37. The number of aliphatic carboxylic acids is 1. The van der Waals surface area contributed by atoms with Crippen LogP contribution in [0.15, 0.2) is 0 Å². The molecule has 2 rings (SSSR count). The van der Waals surface area contributed by atoms with Crippen LogP contribution in [0.2, 0.25) is 0 Å². The van der Waals surface area contributed by atoms with Crippen molar-refractivity contribution < 1.29 is 14.7 Å². The number of carbonyl (C=O) groups is 2. The van der Waals surface area contributed by atoms with Gasteiger partial charge in [-0.15, -0.1) is 0 Å². The summed E-state index contributed by atoms with van der Waals surface area (Å²) in [5, 5.41) is 9.27. The molecule has 0 aromatic heterocycles. The molecule has 2 heterocycles. The Morgan fingerprint density at radius 2 is 1.86 bits per heavy atom. The maximum Gasteiger partial charge on any atom is 0.320 e. The minimum atomic E-state index is -0.788. The number of piperidine rings is 1. The van der Waals surface area contributed by atoms with E-state index >= 15 is 0 Å². The van der Waals surface area contributed by atoms with E-state index in [1.54, 1.807) is 6.92 Å². The van der Waals surface area contributed by atoms with Gasteiger partial charge in [0.05, 0.1) is 5.54 Å². The number of amides is 1. The molecule has 0 bridgehead atoms. The molecule has 0 aromatic rings. The predicted molar refractivity (Wildman–Crippen MR) is 79.8 cm³/mol. The van der Waals surface area contributed by atoms with Crippen molar-refractivity contribution >= 4 is 11.9 Å². The zero-order chi connectivity index (χ0) is 15.6. The van der Waals surface area contributed by atoms with Gasteiger partial charge in [-0.1, -0.05) is 6.92 Å². The molecule has 6 heteroatoms. The monoisotopic (exact) mass is 297 g/mol. The lowest BCUT2D eigenvalue weighted by molar-refractivity contribution is -0.144. The molecule has 21 heavy (non-hydrogen) atoms. The van der Waals surface area contributed by atoms with Gasteiger partial charge in [0.2, 0.25) is 5.91 Å². The van der Waals surface area contributed by atoms with Crippen molar-refractivity contribution in [2.24, 2.45) is 5.73 Å². The summed E-state index contributed by atoms with van der Waals surface area (Å²) in [6.07, 6.45) is 4.00. The Bertz CT molecular complexity index is 403. The zero-order valence-corrected chi connectivity index (χ0v) is 13.0. The van der Waals surface area contributed by atoms with Gasteiger partial charge in [0, 0.05) is 19.1 Å². The Morgan fingerprint density at radius 3 is 2.38 bits per heavy atom. The van der Waals surface area contributed by atoms with Crippen LogP contribution in [0.1, 0.15) is 46.0 Å². The second-order valence-electron chi connectivity index (χ2n) is 6.53. The summed E-state index contributed by atoms with van der Waals surface area (Å²) in [4.78, 5) is 27.6. The van der Waals surface area contributed by atoms with E-state index in [2.05, 4.69) is 4.90 Å². The fraction of sp³-hybridized carbons (Fsp3) is 0.867. The molecule has 3 N–H and O–H groups in total. The van der Waals surface area contributed by atoms with E-state index in [0.717, 1.165) is 32.2 Å². The van der Waals surface area contributed by atoms with Crippen molar-refractivity contribution in [2.45, 2.75) is 63.6 Å². The van der Waals surface area contributed by atoms with E-state index < -0.39 is 11.5 Å². The molecule has 0 aromatic carbocycles. The Balaban J connectivity index is 1.92. The molecule has 2 atom stereocenters. The minimum Gasteiger partial charge on any atom is -0.480 e. The van der Waals surface area contributed by atoms with Crippen molar-refractivity contribution in [3.63, 3.8) is 0 Å². The highest BCUT2D eigenvalue weighted by molar-refractivity contribution is 5.85. The number of rotatable bonds is 4. The number of nitrogens with zero attached hydrogens (tertiary/aromatic N) is 2. The normalized spacial score (nSPS) is 27.6. The lowest BCUT2D eigenvalue weighted by atomic mass is 9.95. The first kappa shape index (κ1) is 16.2. The van der Waals surface area contributed by atoms with Gasteiger partial charge in [-0.05, 0) is 45.6 Å². The zero-order valence-electron chi connectivity index (χ0n) is 13.0. The predicted octanol–water partition coefficient (Wildman–Crippen LogP) is 0.654. The third-order valence-corrected chi connectivity index (χ3v) is 5.02. The standard InChI is InChI=1S/C15H27N3O3/c1-3-15(2,16)14(21)17-9-6-11(7-10-17)18-8-4-5-12(18)13(19)20/h11-12H,3-10,16H2,1-2H3,(H,19,20). The molecular weight excluding hydrogens is 270 g/mol. The van der Waals surface area contributed by atoms with E-state index in [1.165, 1.54) is 0 Å². The first-order valence-corrected chi connectivity index (χ1v) is 7.93. The number of likely N-dealkylation sites (tertiary alicyclic amines) is 2. The average molecular weight is 297 g/mol. The van der Waals surface area contributed by atoms with Crippen molar-refractivity contribution in [1.29, 1.82) is 0 Å². The summed E-state index contributed by atoms with van der Waals surface area (Å²) >= 11 is 0. The number of carboxylic acid groups (broad SMARTS) is 1. The van der Waals surface area contributed by atoms with E-state index in [1.807, 2.05) is 11.8 Å². The fourth-order valence-electron chi connectivity index (χ4n) is 3.40. The van der Waals surface area contributed by atoms with Crippen LogP contribution in [0.25, 0.3) is 0 Å². The van der Waals surface area contributed by atoms with Crippen molar-refractivity contribution in [3.05, 3.63) is 0 Å². The van der Waals surface area contributed by atoms with E-state index in [0.29, 0.717) is 19.5 Å². The van der Waals surface area contributed by atoms with Crippen LogP contribution in [0.4, 0.5) is 0 Å². The SMILES string of the molecule is CCC(C)(N)C(=O)N1CCC(N2CCCC2C(=O)O)CC1. The van der Waals surface area contributed by atoms with E-state index in [9.17, 15) is 14.7 Å². The topological polar surface area (TPSA) is 86.9 Å².